The van der Waals surface area contributed by atoms with Crippen LogP contribution in [0.1, 0.15) is 55.3 Å². The lowest BCUT2D eigenvalue weighted by atomic mass is 10.1. The largest absolute Gasteiger partial charge is 0.530 e. The Kier molecular flexibility index (Phi) is 25.6. The van der Waals surface area contributed by atoms with Crippen molar-refractivity contribution in [1.82, 2.24) is 38.2 Å². The number of halogens is 12. The summed E-state index contributed by atoms with van der Waals surface area (Å²) in [5.74, 6) is -17.2. The number of phosphoric acid groups is 4. The predicted molar refractivity (Wildman–Crippen MR) is 409 cm³/mol. The lowest BCUT2D eigenvalue weighted by Crippen LogP contribution is -2.43. The average Bonchev–Trinajstić information content (AvgIpc) is 1.56. The number of H-pyrrole nitrogens is 4. The molecule has 8 aliphatic heterocycles. The van der Waals surface area contributed by atoms with Crippen molar-refractivity contribution in [2.24, 2.45) is 0 Å². The molecule has 0 saturated carbocycles. The van der Waals surface area contributed by atoms with Gasteiger partial charge in [-0.05, 0) is 72.8 Å². The van der Waals surface area contributed by atoms with Gasteiger partial charge in [0.2, 0.25) is 0 Å². The molecule has 0 bridgehead atoms. The molecule has 4 unspecified atom stereocenters. The summed E-state index contributed by atoms with van der Waals surface area (Å²) in [5, 5.41) is 81.2. The molecule has 12 N–H and O–H groups in total. The SMILES string of the molecule is O=c1[nH]c(=S)c(Cl)cn1[C@@H]1O[C@](F)(COP2(=O)OCc3cc(F)ccc3O2)[C@@H](O)[C@H]1O.[2H]C([2H])(OP1(=O)OCc2cc(F)ccc2O1)[C@@]1(F)O[C@@H](n2cc(Cl)c(=S)[nH]c2=O)[C@H](O)[C@@H]1O.[2H]C([2H])(OP1(=O)OCc2cc(F)ccc2O1)[C@@]1(F)O[C@@]([2H])(n2cc(Cl)c(=S)[nH]c2=O)[C@H](O)[C@@H]1O.[2H][C@@]1(n2cc(Cl)c(=S)[nH]c2=O)O[C@](F)(COP2(=O)OCc3cc(F)ccc3O2)[C@@H](O)[C@H]1O. The van der Waals surface area contributed by atoms with Crippen molar-refractivity contribution in [3.63, 3.8) is 0 Å². The highest BCUT2D eigenvalue weighted by Gasteiger charge is 2.62. The maximum Gasteiger partial charge on any atom is 0.530 e. The van der Waals surface area contributed by atoms with Crippen molar-refractivity contribution in [1.29, 1.82) is 0 Å². The van der Waals surface area contributed by atoms with Crippen LogP contribution < -0.4 is 40.9 Å². The minimum absolute atomic E-state index is 0.00965. The van der Waals surface area contributed by atoms with Crippen LogP contribution in [0.15, 0.2) is 117 Å². The van der Waals surface area contributed by atoms with Crippen molar-refractivity contribution in [2.75, 3.05) is 26.3 Å². The maximum absolute atomic E-state index is 15.8. The van der Waals surface area contributed by atoms with E-state index < -0.39 is 214 Å². The van der Waals surface area contributed by atoms with Gasteiger partial charge in [0, 0.05) is 47.0 Å². The number of alkyl halides is 4. The summed E-state index contributed by atoms with van der Waals surface area (Å²) in [7, 11) is -18.6. The Balaban J connectivity index is 0.000000148. The van der Waals surface area contributed by atoms with Crippen LogP contribution in [0.4, 0.5) is 35.1 Å². The fourth-order valence-corrected chi connectivity index (χ4v) is 17.2. The van der Waals surface area contributed by atoms with E-state index in [4.69, 9.17) is 168 Å². The van der Waals surface area contributed by atoms with Gasteiger partial charge in [0.05, 0.1) is 54.7 Å². The van der Waals surface area contributed by atoms with Crippen LogP contribution in [0.3, 0.4) is 0 Å². The van der Waals surface area contributed by atoms with E-state index in [0.717, 1.165) is 79.3 Å². The molecule has 40 nitrogen and oxygen atoms in total. The van der Waals surface area contributed by atoms with Gasteiger partial charge in [-0.2, -0.15) is 0 Å². The van der Waals surface area contributed by atoms with Crippen LogP contribution in [0, 0.1) is 41.8 Å². The number of benzene rings is 4. The number of aromatic amines is 4. The van der Waals surface area contributed by atoms with Gasteiger partial charge in [-0.3, -0.25) is 74.4 Å². The van der Waals surface area contributed by atoms with E-state index >= 15 is 17.6 Å². The number of nitrogens with zero attached hydrogens (tertiary/aromatic N) is 4. The Morgan fingerprint density at radius 2 is 0.645 bits per heavy atom. The maximum atomic E-state index is 15.8. The number of hydrogen-bond donors (Lipinski definition) is 12. The van der Waals surface area contributed by atoms with Crippen LogP contribution in [0.5, 0.6) is 23.0 Å². The third kappa shape index (κ3) is 20.1. The van der Waals surface area contributed by atoms with E-state index in [2.05, 4.69) is 24.0 Å². The molecule has 0 amide bonds. The molecule has 672 valence electrons. The highest BCUT2D eigenvalue weighted by molar-refractivity contribution is 7.72. The summed E-state index contributed by atoms with van der Waals surface area (Å²) < 4.78 is 294. The summed E-state index contributed by atoms with van der Waals surface area (Å²) >= 11 is 42.4. The van der Waals surface area contributed by atoms with Gasteiger partial charge >= 0.3 is 54.0 Å². The minimum atomic E-state index is -4.94. The first-order valence-corrected chi connectivity index (χ1v) is 42.9. The highest BCUT2D eigenvalue weighted by Crippen LogP contribution is 2.60. The smallest absolute Gasteiger partial charge is 0.404 e. The van der Waals surface area contributed by atoms with Gasteiger partial charge in [-0.15, -0.1) is 0 Å². The topological polar surface area (TPSA) is 529 Å². The monoisotopic (exact) mass is 2000 g/mol. The van der Waals surface area contributed by atoms with Crippen molar-refractivity contribution in [2.45, 2.75) is 124 Å². The van der Waals surface area contributed by atoms with Gasteiger partial charge in [-0.1, -0.05) is 95.3 Å². The molecule has 0 spiro atoms. The van der Waals surface area contributed by atoms with Crippen molar-refractivity contribution in [3.05, 3.63) is 224 Å². The highest BCUT2D eigenvalue weighted by atomic mass is 35.5. The number of nitrogens with one attached hydrogen (secondary N) is 4. The summed E-state index contributed by atoms with van der Waals surface area (Å²) in [5.41, 5.74) is -3.47. The first-order chi connectivity index (χ1) is 60.3. The van der Waals surface area contributed by atoms with E-state index in [1.165, 1.54) is 12.1 Å². The zero-order valence-corrected chi connectivity index (χ0v) is 70.2. The molecule has 0 aliphatic carbocycles. The Labute approximate surface area is 733 Å². The van der Waals surface area contributed by atoms with E-state index in [0.29, 0.717) is 19.9 Å². The van der Waals surface area contributed by atoms with Crippen LogP contribution in [0.2, 0.25) is 20.1 Å². The molecular weight excluding hydrogens is 1940 g/mol. The number of hydrogen-bond acceptors (Lipinski definition) is 36. The van der Waals surface area contributed by atoms with Gasteiger partial charge in [0.25, 0.3) is 23.4 Å². The van der Waals surface area contributed by atoms with Gasteiger partial charge in [0.1, 0.15) is 140 Å². The summed E-state index contributed by atoms with van der Waals surface area (Å²) in [4.78, 5) is 57.1. The first-order valence-electron chi connectivity index (χ1n) is 36.9. The van der Waals surface area contributed by atoms with Crippen molar-refractivity contribution in [3.8, 4) is 23.0 Å². The number of aliphatic hydroxyl groups is 8. The molecule has 20 atom stereocenters. The number of aromatic nitrogens is 8. The number of ether oxygens (including phenoxy) is 4. The third-order valence-corrected chi connectivity index (χ3v) is 25.5. The van der Waals surface area contributed by atoms with Crippen LogP contribution in [-0.4, -0.2) is 178 Å². The molecule has 8 aliphatic rings. The summed E-state index contributed by atoms with van der Waals surface area (Å²) in [6, 6.07) is 12.7. The van der Waals surface area contributed by atoms with E-state index in [1.807, 2.05) is 4.98 Å². The summed E-state index contributed by atoms with van der Waals surface area (Å²) in [6.07, 6.45) is -25.5. The average molecular weight is 2000 g/mol. The molecule has 4 saturated heterocycles. The molecule has 8 aromatic rings. The zero-order chi connectivity index (χ0) is 95.6. The van der Waals surface area contributed by atoms with Gasteiger partial charge in [-0.25, -0.2) is 72.6 Å². The van der Waals surface area contributed by atoms with Gasteiger partial charge in [0.15, 0.2) is 24.9 Å². The van der Waals surface area contributed by atoms with Gasteiger partial charge < -0.3 is 77.9 Å². The number of aliphatic hydroxyl groups excluding tert-OH is 8. The fourth-order valence-electron chi connectivity index (χ4n) is 11.4. The van der Waals surface area contributed by atoms with Crippen molar-refractivity contribution >= 4 is 127 Å². The van der Waals surface area contributed by atoms with E-state index in [9.17, 15) is 95.9 Å². The quantitative estimate of drug-likeness (QED) is 0.0243. The van der Waals surface area contributed by atoms with E-state index in [-0.39, 0.29) is 102 Å². The molecule has 4 aromatic heterocycles. The molecule has 12 heterocycles. The first kappa shape index (κ1) is 86.6. The molecule has 0 radical (unpaired) electrons. The Hall–Kier alpha value is -6.80. The number of rotatable bonds is 16. The Morgan fingerprint density at radius 1 is 0.403 bits per heavy atom. The molecule has 4 aromatic carbocycles. The second-order valence-corrected chi connectivity index (χ2v) is 35.6. The molecular formula is C64H56Cl4F8N8O32P4S4. The fraction of sp³-hybridized carbons (Fsp3) is 0.375. The van der Waals surface area contributed by atoms with Crippen LogP contribution >= 0.6 is 127 Å². The molecule has 60 heteroatoms. The lowest BCUT2D eigenvalue weighted by molar-refractivity contribution is -0.205. The molecule has 16 rings (SSSR count). The zero-order valence-electron chi connectivity index (χ0n) is 66.4. The minimum Gasteiger partial charge on any atom is -0.404 e. The normalized spacial score (nSPS) is 34.6. The van der Waals surface area contributed by atoms with E-state index in [1.54, 1.807) is 0 Å². The standard InChI is InChI=1S/4C16H14ClF2N2O8PS/c4*17-9-4-21(15(24)20-13(9)31)14-11(22)12(23)16(19,28-14)6-27-30(25)26-5-7-3-8(18)1-2-10(7)29-30/h4*1-4,11-12,14,22-23H,5-6H2,(H,20,24,31)/t4*11-,12+,14-,16-,30?/m1111/s1/i6D2,14D;14D;6D2;. The number of fused-ring (bicyclic) bond motifs is 4. The Bertz CT molecular complexity index is 6590. The predicted octanol–water partition coefficient (Wildman–Crippen LogP) is 9.39. The van der Waals surface area contributed by atoms with Crippen molar-refractivity contribution < 1.29 is 176 Å². The Morgan fingerprint density at radius 3 is 0.968 bits per heavy atom. The number of phosphoric ester groups is 4. The molecule has 124 heavy (non-hydrogen) atoms. The summed E-state index contributed by atoms with van der Waals surface area (Å²) in [6.45, 7) is -12.0. The van der Waals surface area contributed by atoms with Crippen LogP contribution in [0.25, 0.3) is 0 Å². The second kappa shape index (κ2) is 36.6. The van der Waals surface area contributed by atoms with Crippen LogP contribution in [-0.2, 0) is 99.8 Å². The lowest BCUT2D eigenvalue weighted by Gasteiger charge is -2.28. The second-order valence-electron chi connectivity index (χ2n) is 26.1. The third-order valence-electron chi connectivity index (χ3n) is 17.7. The molecule has 4 fully saturated rings.